The molecule has 16 heavy (non-hydrogen) atoms. The number of fused-ring (bicyclic) bond motifs is 5. The van der Waals surface area contributed by atoms with Crippen LogP contribution in [0.1, 0.15) is 38.5 Å². The molecule has 0 amide bonds. The van der Waals surface area contributed by atoms with Crippen molar-refractivity contribution in [3.05, 3.63) is 0 Å². The van der Waals surface area contributed by atoms with Crippen LogP contribution in [0.2, 0.25) is 0 Å². The molecule has 4 heteroatoms. The molecule has 0 saturated heterocycles. The first-order chi connectivity index (χ1) is 7.54. The molecule has 4 atom stereocenters. The van der Waals surface area contributed by atoms with Gasteiger partial charge in [0.1, 0.15) is 0 Å². The van der Waals surface area contributed by atoms with Crippen molar-refractivity contribution in [2.75, 3.05) is 0 Å². The van der Waals surface area contributed by atoms with E-state index in [1.54, 1.807) is 0 Å². The molecule has 2 N–H and O–H groups in total. The maximum atomic E-state index is 11.6. The quantitative estimate of drug-likeness (QED) is 0.749. The zero-order valence-corrected chi connectivity index (χ0v) is 9.11. The molecule has 3 aliphatic rings. The minimum atomic E-state index is -0.954. The second-order valence-electron chi connectivity index (χ2n) is 5.67. The third-order valence-electron chi connectivity index (χ3n) is 5.49. The highest BCUT2D eigenvalue weighted by Gasteiger charge is 2.75. The number of hydrogen-bond acceptors (Lipinski definition) is 2. The molecule has 2 bridgehead atoms. The standard InChI is InChI=1S/C12H16O4/c13-9(14)11-5-3-7(6-11)8-2-1-4-12(8,11)10(15)16/h7-8H,1-6H2,(H,13,14)(H,15,16). The minimum Gasteiger partial charge on any atom is -0.481 e. The summed E-state index contributed by atoms with van der Waals surface area (Å²) in [6.07, 6.45) is 4.42. The predicted octanol–water partition coefficient (Wildman–Crippen LogP) is 1.74. The number of carboxylic acids is 2. The lowest BCUT2D eigenvalue weighted by Crippen LogP contribution is -2.51. The normalized spacial score (nSPS) is 49.2. The van der Waals surface area contributed by atoms with Gasteiger partial charge in [0.15, 0.2) is 0 Å². The van der Waals surface area contributed by atoms with Gasteiger partial charge in [-0.15, -0.1) is 0 Å². The van der Waals surface area contributed by atoms with Crippen molar-refractivity contribution in [1.82, 2.24) is 0 Å². The molecule has 4 unspecified atom stereocenters. The van der Waals surface area contributed by atoms with Gasteiger partial charge in [0.25, 0.3) is 0 Å². The topological polar surface area (TPSA) is 74.6 Å². The molecule has 88 valence electrons. The van der Waals surface area contributed by atoms with E-state index in [4.69, 9.17) is 0 Å². The van der Waals surface area contributed by atoms with E-state index in [1.807, 2.05) is 0 Å². The van der Waals surface area contributed by atoms with Gasteiger partial charge in [-0.05, 0) is 43.9 Å². The first-order valence-corrected chi connectivity index (χ1v) is 6.01. The molecular formula is C12H16O4. The molecule has 0 aromatic carbocycles. The van der Waals surface area contributed by atoms with Crippen molar-refractivity contribution >= 4 is 11.9 Å². The average molecular weight is 224 g/mol. The number of hydrogen-bond donors (Lipinski definition) is 2. The van der Waals surface area contributed by atoms with Crippen molar-refractivity contribution in [2.45, 2.75) is 38.5 Å². The van der Waals surface area contributed by atoms with Crippen LogP contribution < -0.4 is 0 Å². The SMILES string of the molecule is O=C(O)C12CCC(C1)C1CCCC12C(=O)O. The van der Waals surface area contributed by atoms with Gasteiger partial charge in [0.05, 0.1) is 10.8 Å². The van der Waals surface area contributed by atoms with Gasteiger partial charge in [-0.1, -0.05) is 6.42 Å². The van der Waals surface area contributed by atoms with Gasteiger partial charge in [0, 0.05) is 0 Å². The van der Waals surface area contributed by atoms with Crippen molar-refractivity contribution in [3.63, 3.8) is 0 Å². The summed E-state index contributed by atoms with van der Waals surface area (Å²) in [5.74, 6) is -1.27. The molecular weight excluding hydrogens is 208 g/mol. The van der Waals surface area contributed by atoms with E-state index < -0.39 is 22.8 Å². The van der Waals surface area contributed by atoms with Crippen LogP contribution in [0, 0.1) is 22.7 Å². The van der Waals surface area contributed by atoms with Crippen LogP contribution in [0.15, 0.2) is 0 Å². The molecule has 0 spiro atoms. The fourth-order valence-electron chi connectivity index (χ4n) is 4.95. The Kier molecular flexibility index (Phi) is 1.76. The Labute approximate surface area is 93.6 Å². The van der Waals surface area contributed by atoms with Crippen LogP contribution in [-0.4, -0.2) is 22.2 Å². The van der Waals surface area contributed by atoms with Gasteiger partial charge in [-0.25, -0.2) is 0 Å². The highest BCUT2D eigenvalue weighted by atomic mass is 16.4. The Hall–Kier alpha value is -1.06. The molecule has 3 rings (SSSR count). The van der Waals surface area contributed by atoms with Crippen molar-refractivity contribution in [2.24, 2.45) is 22.7 Å². The van der Waals surface area contributed by atoms with Crippen molar-refractivity contribution in [1.29, 1.82) is 0 Å². The van der Waals surface area contributed by atoms with Crippen LogP contribution in [-0.2, 0) is 9.59 Å². The number of carboxylic acid groups (broad SMARTS) is 2. The van der Waals surface area contributed by atoms with E-state index in [0.717, 1.165) is 19.3 Å². The van der Waals surface area contributed by atoms with Crippen LogP contribution in [0.25, 0.3) is 0 Å². The molecule has 0 aromatic rings. The summed E-state index contributed by atoms with van der Waals surface area (Å²) in [5.41, 5.74) is -1.90. The number of rotatable bonds is 2. The van der Waals surface area contributed by atoms with Crippen LogP contribution in [0.5, 0.6) is 0 Å². The third-order valence-corrected chi connectivity index (χ3v) is 5.49. The van der Waals surface area contributed by atoms with E-state index >= 15 is 0 Å². The predicted molar refractivity (Wildman–Crippen MR) is 54.8 cm³/mol. The summed E-state index contributed by atoms with van der Waals surface area (Å²) < 4.78 is 0. The molecule has 3 fully saturated rings. The number of aliphatic carboxylic acids is 2. The zero-order valence-electron chi connectivity index (χ0n) is 9.11. The summed E-state index contributed by atoms with van der Waals surface area (Å²) in [4.78, 5) is 23.2. The lowest BCUT2D eigenvalue weighted by molar-refractivity contribution is -0.175. The molecule has 4 nitrogen and oxygen atoms in total. The Morgan fingerprint density at radius 3 is 2.44 bits per heavy atom. The third kappa shape index (κ3) is 0.803. The van der Waals surface area contributed by atoms with E-state index in [1.165, 1.54) is 0 Å². The lowest BCUT2D eigenvalue weighted by atomic mass is 9.59. The highest BCUT2D eigenvalue weighted by Crippen LogP contribution is 2.72. The monoisotopic (exact) mass is 224 g/mol. The Morgan fingerprint density at radius 1 is 1.06 bits per heavy atom. The van der Waals surface area contributed by atoms with Gasteiger partial charge in [0.2, 0.25) is 0 Å². The zero-order chi connectivity index (χ0) is 11.6. The summed E-state index contributed by atoms with van der Waals surface area (Å²) in [6.45, 7) is 0. The lowest BCUT2D eigenvalue weighted by Gasteiger charge is -2.41. The average Bonchev–Trinajstić information content (AvgIpc) is 2.88. The van der Waals surface area contributed by atoms with Crippen LogP contribution in [0.4, 0.5) is 0 Å². The summed E-state index contributed by atoms with van der Waals surface area (Å²) in [5, 5.41) is 19.0. The molecule has 0 aliphatic heterocycles. The summed E-state index contributed by atoms with van der Waals surface area (Å²) >= 11 is 0. The fourth-order valence-corrected chi connectivity index (χ4v) is 4.95. The van der Waals surface area contributed by atoms with E-state index in [-0.39, 0.29) is 5.92 Å². The Balaban J connectivity index is 2.17. The van der Waals surface area contributed by atoms with E-state index in [0.29, 0.717) is 25.2 Å². The van der Waals surface area contributed by atoms with Gasteiger partial charge in [-0.2, -0.15) is 0 Å². The maximum Gasteiger partial charge on any atom is 0.311 e. The molecule has 3 saturated carbocycles. The fraction of sp³-hybridized carbons (Fsp3) is 0.833. The van der Waals surface area contributed by atoms with Gasteiger partial charge in [-0.3, -0.25) is 9.59 Å². The molecule has 3 aliphatic carbocycles. The van der Waals surface area contributed by atoms with Gasteiger partial charge >= 0.3 is 11.9 Å². The summed E-state index contributed by atoms with van der Waals surface area (Å²) in [6, 6.07) is 0. The smallest absolute Gasteiger partial charge is 0.311 e. The Morgan fingerprint density at radius 2 is 1.81 bits per heavy atom. The molecule has 0 radical (unpaired) electrons. The van der Waals surface area contributed by atoms with E-state index in [9.17, 15) is 19.8 Å². The van der Waals surface area contributed by atoms with Crippen molar-refractivity contribution in [3.8, 4) is 0 Å². The largest absolute Gasteiger partial charge is 0.481 e. The van der Waals surface area contributed by atoms with Crippen LogP contribution >= 0.6 is 0 Å². The molecule has 0 aromatic heterocycles. The first-order valence-electron chi connectivity index (χ1n) is 6.01. The second-order valence-corrected chi connectivity index (χ2v) is 5.67. The highest BCUT2D eigenvalue weighted by molar-refractivity contribution is 5.89. The van der Waals surface area contributed by atoms with Crippen LogP contribution in [0.3, 0.4) is 0 Å². The van der Waals surface area contributed by atoms with E-state index in [2.05, 4.69) is 0 Å². The minimum absolute atomic E-state index is 0.120. The molecule has 0 heterocycles. The van der Waals surface area contributed by atoms with Crippen molar-refractivity contribution < 1.29 is 19.8 Å². The summed E-state index contributed by atoms with van der Waals surface area (Å²) in [7, 11) is 0. The Bertz CT molecular complexity index is 377. The second kappa shape index (κ2) is 2.79. The number of carbonyl (C=O) groups is 2. The first kappa shape index (κ1) is 10.1. The maximum absolute atomic E-state index is 11.6. The van der Waals surface area contributed by atoms with Gasteiger partial charge < -0.3 is 10.2 Å².